The minimum atomic E-state index is -3.26. The number of nitrogens with zero attached hydrogens (tertiary/aromatic N) is 4. The van der Waals surface area contributed by atoms with E-state index in [0.29, 0.717) is 15.7 Å². The van der Waals surface area contributed by atoms with Gasteiger partial charge in [-0.1, -0.05) is 29.4 Å². The molecular weight excluding hydrogens is 528 g/mol. The molecule has 0 radical (unpaired) electrons. The quantitative estimate of drug-likeness (QED) is 0.442. The van der Waals surface area contributed by atoms with Crippen LogP contribution in [0.25, 0.3) is 0 Å². The molecule has 0 amide bonds. The molecule has 196 valence electrons. The first-order chi connectivity index (χ1) is 17.6. The van der Waals surface area contributed by atoms with E-state index in [-0.39, 0.29) is 17.5 Å². The summed E-state index contributed by atoms with van der Waals surface area (Å²) in [6.45, 7) is 5.72. The van der Waals surface area contributed by atoms with Crippen LogP contribution in [0.3, 0.4) is 0 Å². The number of halogens is 1. The number of nitrogens with one attached hydrogen (secondary N) is 1. The first-order valence-electron chi connectivity index (χ1n) is 12.3. The van der Waals surface area contributed by atoms with Crippen LogP contribution in [0.4, 0.5) is 11.6 Å². The summed E-state index contributed by atoms with van der Waals surface area (Å²) in [6, 6.07) is 7.34. The molecule has 37 heavy (non-hydrogen) atoms. The minimum absolute atomic E-state index is 0.0575. The summed E-state index contributed by atoms with van der Waals surface area (Å²) in [5.41, 5.74) is 8.81. The van der Waals surface area contributed by atoms with E-state index in [1.165, 1.54) is 18.0 Å². The molecule has 0 saturated carbocycles. The highest BCUT2D eigenvalue weighted by Crippen LogP contribution is 2.51. The van der Waals surface area contributed by atoms with Crippen molar-refractivity contribution in [1.82, 2.24) is 15.0 Å². The third-order valence-electron chi connectivity index (χ3n) is 7.27. The van der Waals surface area contributed by atoms with Gasteiger partial charge in [-0.25, -0.2) is 23.4 Å². The lowest BCUT2D eigenvalue weighted by Gasteiger charge is -2.42. The fraction of sp³-hybridized carbons (Fsp3) is 0.423. The van der Waals surface area contributed by atoms with Gasteiger partial charge < -0.3 is 16.0 Å². The molecule has 3 N–H and O–H groups in total. The number of benzene rings is 1. The van der Waals surface area contributed by atoms with Crippen LogP contribution < -0.4 is 16.0 Å². The van der Waals surface area contributed by atoms with Crippen molar-refractivity contribution in [3.8, 4) is 0 Å². The van der Waals surface area contributed by atoms with E-state index >= 15 is 0 Å². The summed E-state index contributed by atoms with van der Waals surface area (Å²) >= 11 is 8.01. The van der Waals surface area contributed by atoms with Gasteiger partial charge in [-0.2, -0.15) is 0 Å². The SMILES string of the molecule is CC(C)Nc1nccc(Sc2cnc(N3CCC4(CC3)Cc3ccc(S(C)(=O)=O)cc3[C@H]4N)cn2)c1Cl. The second-order valence-electron chi connectivity index (χ2n) is 10.2. The zero-order valence-corrected chi connectivity index (χ0v) is 23.5. The minimum Gasteiger partial charge on any atom is -0.367 e. The van der Waals surface area contributed by atoms with Crippen LogP contribution in [0.1, 0.15) is 43.9 Å². The van der Waals surface area contributed by atoms with Crippen molar-refractivity contribution in [2.24, 2.45) is 11.1 Å². The lowest BCUT2D eigenvalue weighted by molar-refractivity contribution is 0.187. The number of sulfone groups is 1. The molecule has 11 heteroatoms. The van der Waals surface area contributed by atoms with E-state index in [9.17, 15) is 8.42 Å². The number of rotatable bonds is 6. The number of piperidine rings is 1. The fourth-order valence-electron chi connectivity index (χ4n) is 5.26. The highest BCUT2D eigenvalue weighted by atomic mass is 35.5. The third-order valence-corrected chi connectivity index (χ3v) is 9.86. The van der Waals surface area contributed by atoms with E-state index in [4.69, 9.17) is 17.3 Å². The molecule has 5 rings (SSSR count). The standard InChI is InChI=1S/C26H31ClN6O2S2/c1-16(2)32-25-23(27)20(6-9-29-25)36-22-15-30-21(14-31-22)33-10-7-26(8-11-33)13-17-4-5-18(37(3,34)35)12-19(17)24(26)28/h4-6,9,12,14-16,24H,7-8,10-11,13,28H2,1-3H3,(H,29,32)/t24-/m1/s1. The van der Waals surface area contributed by atoms with E-state index in [1.54, 1.807) is 24.5 Å². The molecule has 2 aromatic heterocycles. The summed E-state index contributed by atoms with van der Waals surface area (Å²) in [4.78, 5) is 17.1. The Balaban J connectivity index is 1.24. The summed E-state index contributed by atoms with van der Waals surface area (Å²) in [5, 5.41) is 4.59. The van der Waals surface area contributed by atoms with E-state index in [0.717, 1.165) is 59.2 Å². The van der Waals surface area contributed by atoms with Gasteiger partial charge in [0.15, 0.2) is 9.84 Å². The van der Waals surface area contributed by atoms with Gasteiger partial charge in [-0.3, -0.25) is 0 Å². The molecule has 1 fully saturated rings. The van der Waals surface area contributed by atoms with Crippen LogP contribution in [0, 0.1) is 5.41 Å². The monoisotopic (exact) mass is 558 g/mol. The molecule has 0 unspecified atom stereocenters. The Morgan fingerprint density at radius 2 is 1.92 bits per heavy atom. The van der Waals surface area contributed by atoms with Gasteiger partial charge in [-0.15, -0.1) is 0 Å². The second-order valence-corrected chi connectivity index (χ2v) is 13.7. The van der Waals surface area contributed by atoms with Crippen molar-refractivity contribution in [3.05, 3.63) is 59.0 Å². The molecule has 1 saturated heterocycles. The third kappa shape index (κ3) is 5.30. The Bertz CT molecular complexity index is 1410. The molecule has 1 spiro atoms. The average Bonchev–Trinajstić information content (AvgIpc) is 3.12. The van der Waals surface area contributed by atoms with Crippen molar-refractivity contribution in [2.75, 3.05) is 29.6 Å². The predicted octanol–water partition coefficient (Wildman–Crippen LogP) is 4.74. The smallest absolute Gasteiger partial charge is 0.175 e. The molecule has 2 aliphatic rings. The molecular formula is C26H31ClN6O2S2. The Kier molecular flexibility index (Phi) is 7.12. The summed E-state index contributed by atoms with van der Waals surface area (Å²) < 4.78 is 24.1. The topological polar surface area (TPSA) is 114 Å². The molecule has 3 heterocycles. The van der Waals surface area contributed by atoms with Gasteiger partial charge >= 0.3 is 0 Å². The van der Waals surface area contributed by atoms with Crippen molar-refractivity contribution >= 4 is 44.8 Å². The van der Waals surface area contributed by atoms with E-state index < -0.39 is 9.84 Å². The average molecular weight is 559 g/mol. The second kappa shape index (κ2) is 10.1. The normalized spacial score (nSPS) is 18.9. The van der Waals surface area contributed by atoms with Crippen LogP contribution in [0.15, 0.2) is 57.7 Å². The molecule has 1 atom stereocenters. The Hall–Kier alpha value is -2.40. The van der Waals surface area contributed by atoms with Gasteiger partial charge in [-0.05, 0) is 67.9 Å². The lowest BCUT2D eigenvalue weighted by atomic mass is 9.73. The number of anilines is 2. The molecule has 3 aromatic rings. The van der Waals surface area contributed by atoms with Crippen molar-refractivity contribution in [1.29, 1.82) is 0 Å². The summed E-state index contributed by atoms with van der Waals surface area (Å²) in [6.07, 6.45) is 9.26. The Morgan fingerprint density at radius 3 is 2.57 bits per heavy atom. The fourth-order valence-corrected chi connectivity index (χ4v) is 6.95. The highest BCUT2D eigenvalue weighted by Gasteiger charge is 2.46. The number of hydrogen-bond acceptors (Lipinski definition) is 9. The molecule has 8 nitrogen and oxygen atoms in total. The van der Waals surface area contributed by atoms with Crippen LogP contribution in [-0.4, -0.2) is 48.8 Å². The number of nitrogens with two attached hydrogens (primary N) is 1. The van der Waals surface area contributed by atoms with Gasteiger partial charge in [0.25, 0.3) is 0 Å². The van der Waals surface area contributed by atoms with Gasteiger partial charge in [0, 0.05) is 42.5 Å². The molecule has 0 bridgehead atoms. The van der Waals surface area contributed by atoms with Crippen LogP contribution in [0.2, 0.25) is 5.02 Å². The van der Waals surface area contributed by atoms with Crippen molar-refractivity contribution in [3.63, 3.8) is 0 Å². The number of fused-ring (bicyclic) bond motifs is 1. The number of aromatic nitrogens is 3. The zero-order valence-electron chi connectivity index (χ0n) is 21.1. The first-order valence-corrected chi connectivity index (χ1v) is 15.4. The number of hydrogen-bond donors (Lipinski definition) is 2. The molecule has 1 aliphatic carbocycles. The van der Waals surface area contributed by atoms with E-state index in [1.807, 2.05) is 32.2 Å². The maximum absolute atomic E-state index is 12.0. The maximum atomic E-state index is 12.0. The number of pyridine rings is 1. The predicted molar refractivity (Wildman–Crippen MR) is 148 cm³/mol. The first kappa shape index (κ1) is 26.2. The maximum Gasteiger partial charge on any atom is 0.175 e. The van der Waals surface area contributed by atoms with Gasteiger partial charge in [0.2, 0.25) is 0 Å². The molecule has 1 aromatic carbocycles. The Labute approximate surface area is 227 Å². The zero-order chi connectivity index (χ0) is 26.4. The van der Waals surface area contributed by atoms with Crippen molar-refractivity contribution < 1.29 is 8.42 Å². The summed E-state index contributed by atoms with van der Waals surface area (Å²) in [7, 11) is -3.26. The van der Waals surface area contributed by atoms with Gasteiger partial charge in [0.1, 0.15) is 16.7 Å². The molecule has 1 aliphatic heterocycles. The highest BCUT2D eigenvalue weighted by molar-refractivity contribution is 7.99. The van der Waals surface area contributed by atoms with Crippen molar-refractivity contribution in [2.45, 2.75) is 60.0 Å². The van der Waals surface area contributed by atoms with E-state index in [2.05, 4.69) is 25.2 Å². The largest absolute Gasteiger partial charge is 0.367 e. The lowest BCUT2D eigenvalue weighted by Crippen LogP contribution is -2.44. The summed E-state index contributed by atoms with van der Waals surface area (Å²) in [5.74, 6) is 1.50. The Morgan fingerprint density at radius 1 is 1.16 bits per heavy atom. The van der Waals surface area contributed by atoms with Crippen LogP contribution in [0.5, 0.6) is 0 Å². The van der Waals surface area contributed by atoms with Gasteiger partial charge in [0.05, 0.1) is 22.3 Å². The van der Waals surface area contributed by atoms with Crippen LogP contribution >= 0.6 is 23.4 Å². The van der Waals surface area contributed by atoms with Crippen LogP contribution in [-0.2, 0) is 16.3 Å².